The van der Waals surface area contributed by atoms with Gasteiger partial charge in [0.25, 0.3) is 0 Å². The fourth-order valence-corrected chi connectivity index (χ4v) is 1.73. The highest BCUT2D eigenvalue weighted by Gasteiger charge is 1.98. The van der Waals surface area contributed by atoms with Crippen LogP contribution < -0.4 is 0 Å². The van der Waals surface area contributed by atoms with Gasteiger partial charge in [0.2, 0.25) is 0 Å². The van der Waals surface area contributed by atoms with Crippen molar-refractivity contribution in [3.05, 3.63) is 18.4 Å². The Kier molecular flexibility index (Phi) is 9.84. The van der Waals surface area contributed by atoms with Gasteiger partial charge in [-0.3, -0.25) is 4.79 Å². The summed E-state index contributed by atoms with van der Waals surface area (Å²) < 4.78 is 0. The van der Waals surface area contributed by atoms with E-state index in [1.807, 2.05) is 6.08 Å². The number of unbranched alkanes of at least 4 members (excludes halogenated alkanes) is 5. The minimum atomic E-state index is -0.676. The number of rotatable bonds is 10. The lowest BCUT2D eigenvalue weighted by Crippen LogP contribution is -1.93. The monoisotopic (exact) mass is 224 g/mol. The van der Waals surface area contributed by atoms with Gasteiger partial charge in [0.15, 0.2) is 0 Å². The number of carbonyl (C=O) groups is 1. The molecule has 0 aromatic rings. The Labute approximate surface area is 99.1 Å². The van der Waals surface area contributed by atoms with Gasteiger partial charge in [0.1, 0.15) is 0 Å². The Morgan fingerprint density at radius 2 is 1.81 bits per heavy atom. The largest absolute Gasteiger partial charge is 0.481 e. The molecule has 0 fully saturated rings. The molecule has 0 rings (SSSR count). The molecule has 0 amide bonds. The van der Waals surface area contributed by atoms with Crippen molar-refractivity contribution in [3.63, 3.8) is 0 Å². The molecule has 0 bridgehead atoms. The average molecular weight is 224 g/mol. The number of allylic oxidation sites excluding steroid dienone is 1. The second-order valence-electron chi connectivity index (χ2n) is 4.40. The molecule has 0 spiro atoms. The first kappa shape index (κ1) is 15.0. The van der Waals surface area contributed by atoms with E-state index in [0.29, 0.717) is 12.3 Å². The number of hydrogen-bond acceptors (Lipinski definition) is 1. The first-order valence-electron chi connectivity index (χ1n) is 6.24. The van der Waals surface area contributed by atoms with Crippen LogP contribution in [0.4, 0.5) is 0 Å². The predicted octanol–water partition coefficient (Wildman–Crippen LogP) is 4.17. The third-order valence-electron chi connectivity index (χ3n) is 2.70. The molecule has 0 aliphatic heterocycles. The van der Waals surface area contributed by atoms with E-state index >= 15 is 0 Å². The zero-order valence-electron chi connectivity index (χ0n) is 10.4. The zero-order chi connectivity index (χ0) is 12.2. The summed E-state index contributed by atoms with van der Waals surface area (Å²) in [5.74, 6) is -0.0884. The van der Waals surface area contributed by atoms with E-state index in [9.17, 15) is 4.79 Å². The number of aliphatic carboxylic acids is 1. The third kappa shape index (κ3) is 11.1. The van der Waals surface area contributed by atoms with Crippen molar-refractivity contribution < 1.29 is 9.90 Å². The summed E-state index contributed by atoms with van der Waals surface area (Å²) in [4.78, 5) is 10.3. The summed E-state index contributed by atoms with van der Waals surface area (Å²) in [6.07, 6.45) is 10.3. The molecule has 0 heterocycles. The second kappa shape index (κ2) is 10.5. The molecule has 92 valence electrons. The first-order chi connectivity index (χ1) is 7.66. The Bertz CT molecular complexity index is 227. The number of hydrogen-bond donors (Lipinski definition) is 1. The van der Waals surface area contributed by atoms with Gasteiger partial charge in [-0.25, -0.2) is 0 Å². The average Bonchev–Trinajstić information content (AvgIpc) is 2.22. The van der Waals surface area contributed by atoms with Crippen LogP contribution in [0.25, 0.3) is 0 Å². The fourth-order valence-electron chi connectivity index (χ4n) is 1.73. The van der Waals surface area contributed by atoms with E-state index in [2.05, 4.69) is 19.2 Å². The smallest absolute Gasteiger partial charge is 0.303 e. The minimum absolute atomic E-state index is 0.321. The summed E-state index contributed by atoms with van der Waals surface area (Å²) in [5.41, 5.74) is 2.82. The zero-order valence-corrected chi connectivity index (χ0v) is 10.4. The SMILES string of the molecule is C=C=CC(C)CCCCCCCCC(=O)O. The van der Waals surface area contributed by atoms with Crippen molar-refractivity contribution in [1.82, 2.24) is 0 Å². The Morgan fingerprint density at radius 1 is 1.25 bits per heavy atom. The predicted molar refractivity (Wildman–Crippen MR) is 67.4 cm³/mol. The highest BCUT2D eigenvalue weighted by Crippen LogP contribution is 2.13. The Balaban J connectivity index is 3.15. The third-order valence-corrected chi connectivity index (χ3v) is 2.70. The van der Waals surface area contributed by atoms with Crippen LogP contribution in [-0.4, -0.2) is 11.1 Å². The molecule has 2 nitrogen and oxygen atoms in total. The molecule has 0 aromatic carbocycles. The minimum Gasteiger partial charge on any atom is -0.481 e. The normalized spacial score (nSPS) is 11.8. The Hall–Kier alpha value is -1.01. The summed E-state index contributed by atoms with van der Waals surface area (Å²) in [6, 6.07) is 0. The maximum absolute atomic E-state index is 10.3. The van der Waals surface area contributed by atoms with Crippen LogP contribution in [0.1, 0.15) is 58.3 Å². The molecule has 1 atom stereocenters. The van der Waals surface area contributed by atoms with E-state index in [1.54, 1.807) is 0 Å². The molecule has 0 radical (unpaired) electrons. The summed E-state index contributed by atoms with van der Waals surface area (Å²) in [6.45, 7) is 5.75. The molecule has 1 unspecified atom stereocenters. The standard InChI is InChI=1S/C14H24O2/c1-3-10-13(2)11-8-6-4-5-7-9-12-14(15)16/h10,13H,1,4-9,11-12H2,2H3,(H,15,16). The van der Waals surface area contributed by atoms with E-state index in [1.165, 1.54) is 32.1 Å². The number of carboxylic acid groups (broad SMARTS) is 1. The fraction of sp³-hybridized carbons (Fsp3) is 0.714. The van der Waals surface area contributed by atoms with Crippen LogP contribution in [0.2, 0.25) is 0 Å². The van der Waals surface area contributed by atoms with Gasteiger partial charge >= 0.3 is 5.97 Å². The molecule has 2 heteroatoms. The van der Waals surface area contributed by atoms with E-state index in [0.717, 1.165) is 12.8 Å². The van der Waals surface area contributed by atoms with E-state index < -0.39 is 5.97 Å². The molecule has 16 heavy (non-hydrogen) atoms. The first-order valence-corrected chi connectivity index (χ1v) is 6.24. The number of carboxylic acids is 1. The molecule has 1 N–H and O–H groups in total. The van der Waals surface area contributed by atoms with Crippen molar-refractivity contribution in [2.75, 3.05) is 0 Å². The molecule has 0 aliphatic rings. The summed E-state index contributed by atoms with van der Waals surface area (Å²) in [5, 5.41) is 8.45. The molecule has 0 aliphatic carbocycles. The molecule has 0 saturated heterocycles. The molecule has 0 saturated carbocycles. The van der Waals surface area contributed by atoms with E-state index in [-0.39, 0.29) is 0 Å². The van der Waals surface area contributed by atoms with Crippen LogP contribution in [0.3, 0.4) is 0 Å². The van der Waals surface area contributed by atoms with Crippen LogP contribution in [0, 0.1) is 5.92 Å². The second-order valence-corrected chi connectivity index (χ2v) is 4.40. The van der Waals surface area contributed by atoms with E-state index in [4.69, 9.17) is 5.11 Å². The quantitative estimate of drug-likeness (QED) is 0.446. The summed E-state index contributed by atoms with van der Waals surface area (Å²) >= 11 is 0. The van der Waals surface area contributed by atoms with Crippen molar-refractivity contribution in [2.24, 2.45) is 5.92 Å². The van der Waals surface area contributed by atoms with Crippen LogP contribution >= 0.6 is 0 Å². The van der Waals surface area contributed by atoms with Gasteiger partial charge in [-0.15, -0.1) is 5.73 Å². The topological polar surface area (TPSA) is 37.3 Å². The van der Waals surface area contributed by atoms with Gasteiger partial charge in [0.05, 0.1) is 0 Å². The van der Waals surface area contributed by atoms with Crippen LogP contribution in [0.5, 0.6) is 0 Å². The maximum Gasteiger partial charge on any atom is 0.303 e. The molecular formula is C14H24O2. The van der Waals surface area contributed by atoms with Crippen LogP contribution in [0.15, 0.2) is 18.4 Å². The Morgan fingerprint density at radius 3 is 2.38 bits per heavy atom. The van der Waals surface area contributed by atoms with Crippen molar-refractivity contribution >= 4 is 5.97 Å². The molecule has 0 aromatic heterocycles. The van der Waals surface area contributed by atoms with Gasteiger partial charge in [0, 0.05) is 6.42 Å². The lowest BCUT2D eigenvalue weighted by Gasteiger charge is -2.04. The maximum atomic E-state index is 10.3. The highest BCUT2D eigenvalue weighted by molar-refractivity contribution is 5.66. The summed E-state index contributed by atoms with van der Waals surface area (Å²) in [7, 11) is 0. The lowest BCUT2D eigenvalue weighted by atomic mass is 10.0. The highest BCUT2D eigenvalue weighted by atomic mass is 16.4. The van der Waals surface area contributed by atoms with Gasteiger partial charge in [-0.05, 0) is 24.8 Å². The van der Waals surface area contributed by atoms with Gasteiger partial charge in [-0.1, -0.05) is 45.6 Å². The van der Waals surface area contributed by atoms with Crippen molar-refractivity contribution in [2.45, 2.75) is 58.3 Å². The van der Waals surface area contributed by atoms with Gasteiger partial charge in [-0.2, -0.15) is 0 Å². The van der Waals surface area contributed by atoms with Gasteiger partial charge < -0.3 is 5.11 Å². The van der Waals surface area contributed by atoms with Crippen molar-refractivity contribution in [3.8, 4) is 0 Å². The lowest BCUT2D eigenvalue weighted by molar-refractivity contribution is -0.137. The molecular weight excluding hydrogens is 200 g/mol. The van der Waals surface area contributed by atoms with Crippen molar-refractivity contribution in [1.29, 1.82) is 0 Å². The van der Waals surface area contributed by atoms with Crippen LogP contribution in [-0.2, 0) is 4.79 Å².